The van der Waals surface area contributed by atoms with E-state index in [4.69, 9.17) is 0 Å². The highest BCUT2D eigenvalue weighted by Gasteiger charge is 2.26. The highest BCUT2D eigenvalue weighted by atomic mass is 32.2. The molecule has 1 unspecified atom stereocenters. The average Bonchev–Trinajstić information content (AvgIpc) is 3.14. The number of allylic oxidation sites excluding steroid dienone is 2. The standard InChI is InChI=1S/C41H49N3O6S2/c1-5-42(6-2)36-21-15-33(16-22-36)41(34-17-23-37(24-18-34)43(7-3)29-31-11-9-13-39(27-31)51(45,46)47)35-19-25-38(26-20-35)44(8-4)30-32-12-10-14-40(28-32)52(48,49)50/h9-28,34,37,41H,5-8,29-30H2,1-4H3,(H,45,46,47)(H,48,49,50). The van der Waals surface area contributed by atoms with E-state index >= 15 is 0 Å². The summed E-state index contributed by atoms with van der Waals surface area (Å²) in [6, 6.07) is 30.3. The predicted octanol–water partition coefficient (Wildman–Crippen LogP) is 7.82. The summed E-state index contributed by atoms with van der Waals surface area (Å²) in [5.41, 5.74) is 6.14. The van der Waals surface area contributed by atoms with Crippen LogP contribution in [0.25, 0.3) is 0 Å². The Bertz CT molecular complexity index is 2060. The minimum atomic E-state index is -4.29. The first-order chi connectivity index (χ1) is 24.8. The Morgan fingerprint density at radius 2 is 1.00 bits per heavy atom. The van der Waals surface area contributed by atoms with Crippen molar-refractivity contribution >= 4 is 31.6 Å². The fourth-order valence-electron chi connectivity index (χ4n) is 6.97. The van der Waals surface area contributed by atoms with E-state index < -0.39 is 20.2 Å². The molecule has 276 valence electrons. The van der Waals surface area contributed by atoms with Gasteiger partial charge >= 0.3 is 0 Å². The summed E-state index contributed by atoms with van der Waals surface area (Å²) in [5, 5.41) is 0. The van der Waals surface area contributed by atoms with Gasteiger partial charge in [0, 0.05) is 62.0 Å². The summed E-state index contributed by atoms with van der Waals surface area (Å²) in [6.45, 7) is 12.8. The van der Waals surface area contributed by atoms with Crippen molar-refractivity contribution in [2.45, 2.75) is 62.5 Å². The van der Waals surface area contributed by atoms with Gasteiger partial charge in [-0.1, -0.05) is 79.8 Å². The lowest BCUT2D eigenvalue weighted by molar-refractivity contribution is 0.261. The van der Waals surface area contributed by atoms with Crippen LogP contribution in [0.15, 0.2) is 131 Å². The van der Waals surface area contributed by atoms with Crippen LogP contribution in [0, 0.1) is 5.92 Å². The van der Waals surface area contributed by atoms with Crippen LogP contribution < -0.4 is 9.80 Å². The monoisotopic (exact) mass is 743 g/mol. The molecular formula is C41H49N3O6S2. The third kappa shape index (κ3) is 9.58. The maximum atomic E-state index is 11.7. The second-order valence-electron chi connectivity index (χ2n) is 13.0. The molecule has 5 rings (SSSR count). The minimum Gasteiger partial charge on any atom is -0.372 e. The molecule has 0 aliphatic heterocycles. The maximum absolute atomic E-state index is 11.7. The molecule has 1 aliphatic rings. The topological polar surface area (TPSA) is 118 Å². The molecule has 4 aromatic rings. The Balaban J connectivity index is 1.41. The first-order valence-electron chi connectivity index (χ1n) is 17.8. The van der Waals surface area contributed by atoms with Crippen LogP contribution in [0.3, 0.4) is 0 Å². The number of hydrogen-bond donors (Lipinski definition) is 2. The van der Waals surface area contributed by atoms with E-state index in [0.717, 1.165) is 42.0 Å². The van der Waals surface area contributed by atoms with Crippen molar-refractivity contribution in [3.63, 3.8) is 0 Å². The minimum absolute atomic E-state index is 0.0149. The molecule has 4 aromatic carbocycles. The van der Waals surface area contributed by atoms with Gasteiger partial charge in [0.25, 0.3) is 20.2 Å². The van der Waals surface area contributed by atoms with Gasteiger partial charge in [0.15, 0.2) is 0 Å². The molecule has 2 N–H and O–H groups in total. The number of anilines is 2. The van der Waals surface area contributed by atoms with Crippen LogP contribution in [0.4, 0.5) is 11.4 Å². The van der Waals surface area contributed by atoms with E-state index in [0.29, 0.717) is 19.6 Å². The zero-order valence-electron chi connectivity index (χ0n) is 30.2. The third-order valence-electron chi connectivity index (χ3n) is 9.81. The van der Waals surface area contributed by atoms with E-state index in [1.165, 1.54) is 35.5 Å². The Morgan fingerprint density at radius 1 is 0.558 bits per heavy atom. The van der Waals surface area contributed by atoms with E-state index in [2.05, 4.69) is 115 Å². The smallest absolute Gasteiger partial charge is 0.294 e. The zero-order valence-corrected chi connectivity index (χ0v) is 31.8. The number of hydrogen-bond acceptors (Lipinski definition) is 7. The van der Waals surface area contributed by atoms with Crippen molar-refractivity contribution in [2.75, 3.05) is 36.0 Å². The SMILES string of the molecule is CCN(CC)c1ccc(C(c2ccc(N(CC)Cc3cccc(S(=O)(=O)O)c3)cc2)C2C=CC(N(CC)Cc3cccc(S(=O)(=O)O)c3)C=C2)cc1. The number of likely N-dealkylation sites (N-methyl/N-ethyl adjacent to an activating group) is 1. The van der Waals surface area contributed by atoms with Crippen LogP contribution in [-0.2, 0) is 33.3 Å². The molecule has 1 atom stereocenters. The molecule has 0 saturated heterocycles. The van der Waals surface area contributed by atoms with Crippen molar-refractivity contribution in [1.82, 2.24) is 4.90 Å². The summed E-state index contributed by atoms with van der Waals surface area (Å²) in [5.74, 6) is 0.115. The molecule has 0 radical (unpaired) electrons. The summed E-state index contributed by atoms with van der Waals surface area (Å²) < 4.78 is 66.0. The lowest BCUT2D eigenvalue weighted by Gasteiger charge is -2.32. The van der Waals surface area contributed by atoms with E-state index in [1.54, 1.807) is 12.1 Å². The fraction of sp³-hybridized carbons (Fsp3) is 0.317. The quantitative estimate of drug-likeness (QED) is 0.0875. The molecule has 1 aliphatic carbocycles. The second kappa shape index (κ2) is 17.0. The van der Waals surface area contributed by atoms with Crippen molar-refractivity contribution in [1.29, 1.82) is 0 Å². The van der Waals surface area contributed by atoms with Crippen LogP contribution in [0.1, 0.15) is 55.9 Å². The molecule has 0 bridgehead atoms. The molecule has 52 heavy (non-hydrogen) atoms. The second-order valence-corrected chi connectivity index (χ2v) is 15.8. The van der Waals surface area contributed by atoms with Crippen molar-refractivity contribution in [3.8, 4) is 0 Å². The third-order valence-corrected chi connectivity index (χ3v) is 11.5. The molecule has 11 heteroatoms. The molecule has 9 nitrogen and oxygen atoms in total. The van der Waals surface area contributed by atoms with Gasteiger partial charge in [0.05, 0.1) is 9.79 Å². The molecular weight excluding hydrogens is 695 g/mol. The zero-order chi connectivity index (χ0) is 37.5. The van der Waals surface area contributed by atoms with Crippen LogP contribution in [0.2, 0.25) is 0 Å². The van der Waals surface area contributed by atoms with Crippen LogP contribution >= 0.6 is 0 Å². The number of rotatable bonds is 16. The summed E-state index contributed by atoms with van der Waals surface area (Å²) in [6.07, 6.45) is 8.95. The summed E-state index contributed by atoms with van der Waals surface area (Å²) in [4.78, 5) is 6.52. The Labute approximate surface area is 309 Å². The van der Waals surface area contributed by atoms with Gasteiger partial charge < -0.3 is 9.80 Å². The summed E-state index contributed by atoms with van der Waals surface area (Å²) in [7, 11) is -8.57. The average molecular weight is 744 g/mol. The largest absolute Gasteiger partial charge is 0.372 e. The first-order valence-corrected chi connectivity index (χ1v) is 20.7. The van der Waals surface area contributed by atoms with Gasteiger partial charge in [-0.15, -0.1) is 0 Å². The predicted molar refractivity (Wildman–Crippen MR) is 209 cm³/mol. The van der Waals surface area contributed by atoms with Gasteiger partial charge in [-0.3, -0.25) is 14.0 Å². The van der Waals surface area contributed by atoms with Gasteiger partial charge in [-0.25, -0.2) is 0 Å². The van der Waals surface area contributed by atoms with Crippen LogP contribution in [-0.4, -0.2) is 63.1 Å². The van der Waals surface area contributed by atoms with E-state index in [1.807, 2.05) is 12.1 Å². The normalized spacial score (nSPS) is 16.6. The Morgan fingerprint density at radius 3 is 1.42 bits per heavy atom. The van der Waals surface area contributed by atoms with Crippen molar-refractivity contribution < 1.29 is 25.9 Å². The van der Waals surface area contributed by atoms with Gasteiger partial charge in [-0.05, 0) is 98.1 Å². The van der Waals surface area contributed by atoms with Crippen molar-refractivity contribution in [2.24, 2.45) is 5.92 Å². The lowest BCUT2D eigenvalue weighted by Crippen LogP contribution is -2.33. The Kier molecular flexibility index (Phi) is 12.8. The summed E-state index contributed by atoms with van der Waals surface area (Å²) >= 11 is 0. The van der Waals surface area contributed by atoms with Gasteiger partial charge in [-0.2, -0.15) is 16.8 Å². The van der Waals surface area contributed by atoms with E-state index in [9.17, 15) is 25.9 Å². The number of benzene rings is 4. The van der Waals surface area contributed by atoms with E-state index in [-0.39, 0.29) is 27.7 Å². The maximum Gasteiger partial charge on any atom is 0.294 e. The van der Waals surface area contributed by atoms with Gasteiger partial charge in [0.1, 0.15) is 0 Å². The van der Waals surface area contributed by atoms with Gasteiger partial charge in [0.2, 0.25) is 0 Å². The Hall–Kier alpha value is -4.26. The lowest BCUT2D eigenvalue weighted by atomic mass is 9.78. The van der Waals surface area contributed by atoms with Crippen LogP contribution in [0.5, 0.6) is 0 Å². The molecule has 0 heterocycles. The van der Waals surface area contributed by atoms with Crippen molar-refractivity contribution in [3.05, 3.63) is 144 Å². The molecule has 0 saturated carbocycles. The molecule has 0 aromatic heterocycles. The highest BCUT2D eigenvalue weighted by Crippen LogP contribution is 2.38. The highest BCUT2D eigenvalue weighted by molar-refractivity contribution is 7.86. The molecule has 0 fully saturated rings. The molecule has 0 amide bonds. The first kappa shape index (κ1) is 39.0. The fourth-order valence-corrected chi connectivity index (χ4v) is 8.07. The molecule has 0 spiro atoms. The number of nitrogens with zero attached hydrogens (tertiary/aromatic N) is 3.